The number of benzene rings is 1. The minimum absolute atomic E-state index is 0.875. The summed E-state index contributed by atoms with van der Waals surface area (Å²) in [4.78, 5) is 7.59. The van der Waals surface area contributed by atoms with E-state index in [0.717, 1.165) is 22.7 Å². The molecule has 0 aliphatic heterocycles. The van der Waals surface area contributed by atoms with E-state index in [1.165, 1.54) is 5.39 Å². The maximum Gasteiger partial charge on any atom is 0.130 e. The van der Waals surface area contributed by atoms with Crippen LogP contribution in [0.1, 0.15) is 5.69 Å². The predicted octanol–water partition coefficient (Wildman–Crippen LogP) is 3.61. The molecule has 0 fully saturated rings. The van der Waals surface area contributed by atoms with Gasteiger partial charge in [0.2, 0.25) is 0 Å². The molecule has 0 unspecified atom stereocenters. The fourth-order valence-electron chi connectivity index (χ4n) is 1.89. The molecule has 0 aliphatic rings. The molecule has 2 aromatic heterocycles. The largest absolute Gasteiger partial charge is 0.361 e. The number of hydrogen-bond acceptors (Lipinski definition) is 2. The number of aromatic amines is 1. The average molecular weight is 223 g/mol. The van der Waals surface area contributed by atoms with E-state index >= 15 is 0 Å². The van der Waals surface area contributed by atoms with E-state index in [1.807, 2.05) is 37.4 Å². The summed E-state index contributed by atoms with van der Waals surface area (Å²) in [6, 6.07) is 14.2. The summed E-state index contributed by atoms with van der Waals surface area (Å²) in [5, 5.41) is 4.50. The lowest BCUT2D eigenvalue weighted by Gasteiger charge is -2.06. The van der Waals surface area contributed by atoms with Crippen LogP contribution in [0.3, 0.4) is 0 Å². The van der Waals surface area contributed by atoms with Crippen LogP contribution in [0.25, 0.3) is 10.9 Å². The molecule has 3 heteroatoms. The summed E-state index contributed by atoms with van der Waals surface area (Å²) in [7, 11) is 0. The molecule has 0 radical (unpaired) electrons. The van der Waals surface area contributed by atoms with E-state index in [9.17, 15) is 0 Å². The minimum atomic E-state index is 0.875. The molecule has 2 heterocycles. The van der Waals surface area contributed by atoms with Crippen molar-refractivity contribution >= 4 is 22.4 Å². The second-order valence-corrected chi connectivity index (χ2v) is 4.07. The third-order valence-electron chi connectivity index (χ3n) is 2.71. The molecule has 17 heavy (non-hydrogen) atoms. The molecule has 2 N–H and O–H groups in total. The van der Waals surface area contributed by atoms with Gasteiger partial charge in [-0.25, -0.2) is 4.98 Å². The normalized spacial score (nSPS) is 10.6. The van der Waals surface area contributed by atoms with Gasteiger partial charge in [-0.05, 0) is 43.3 Å². The summed E-state index contributed by atoms with van der Waals surface area (Å²) in [6.45, 7) is 1.99. The highest BCUT2D eigenvalue weighted by atomic mass is 15.0. The van der Waals surface area contributed by atoms with Gasteiger partial charge in [0.25, 0.3) is 0 Å². The van der Waals surface area contributed by atoms with Crippen molar-refractivity contribution in [2.45, 2.75) is 6.92 Å². The third-order valence-corrected chi connectivity index (χ3v) is 2.71. The van der Waals surface area contributed by atoms with Crippen LogP contribution in [0, 0.1) is 6.92 Å². The van der Waals surface area contributed by atoms with Gasteiger partial charge in [-0.2, -0.15) is 0 Å². The van der Waals surface area contributed by atoms with Gasteiger partial charge >= 0.3 is 0 Å². The predicted molar refractivity (Wildman–Crippen MR) is 70.6 cm³/mol. The summed E-state index contributed by atoms with van der Waals surface area (Å²) >= 11 is 0. The number of fused-ring (bicyclic) bond motifs is 1. The molecule has 1 aromatic carbocycles. The lowest BCUT2D eigenvalue weighted by atomic mass is 10.2. The quantitative estimate of drug-likeness (QED) is 0.696. The van der Waals surface area contributed by atoms with Crippen LogP contribution in [0.4, 0.5) is 11.5 Å². The van der Waals surface area contributed by atoms with Crippen LogP contribution < -0.4 is 5.32 Å². The van der Waals surface area contributed by atoms with Gasteiger partial charge in [-0.3, -0.25) is 0 Å². The summed E-state index contributed by atoms with van der Waals surface area (Å²) in [5.41, 5.74) is 3.21. The fraction of sp³-hybridized carbons (Fsp3) is 0.0714. The Morgan fingerprint density at radius 1 is 1.12 bits per heavy atom. The number of H-pyrrole nitrogens is 1. The van der Waals surface area contributed by atoms with Crippen molar-refractivity contribution in [1.29, 1.82) is 0 Å². The molecule has 0 atom stereocenters. The Morgan fingerprint density at radius 3 is 2.94 bits per heavy atom. The van der Waals surface area contributed by atoms with E-state index in [1.54, 1.807) is 0 Å². The molecule has 3 rings (SSSR count). The van der Waals surface area contributed by atoms with Crippen molar-refractivity contribution in [2.24, 2.45) is 0 Å². The maximum absolute atomic E-state index is 4.42. The monoisotopic (exact) mass is 223 g/mol. The molecule has 0 amide bonds. The Bertz CT molecular complexity index is 655. The molecule has 0 spiro atoms. The first-order chi connectivity index (χ1) is 8.31. The van der Waals surface area contributed by atoms with Crippen molar-refractivity contribution in [1.82, 2.24) is 9.97 Å². The molecule has 0 aliphatic carbocycles. The molecule has 3 aromatic rings. The van der Waals surface area contributed by atoms with Crippen molar-refractivity contribution in [3.63, 3.8) is 0 Å². The standard InChI is InChI=1S/C14H13N3/c1-10-3-2-4-14(16-10)17-12-5-6-13-11(9-12)7-8-15-13/h2-9,15H,1H3,(H,16,17). The van der Waals surface area contributed by atoms with Crippen LogP contribution in [-0.4, -0.2) is 9.97 Å². The van der Waals surface area contributed by atoms with E-state index in [0.29, 0.717) is 0 Å². The number of pyridine rings is 1. The Balaban J connectivity index is 1.94. The van der Waals surface area contributed by atoms with Gasteiger partial charge in [-0.15, -0.1) is 0 Å². The van der Waals surface area contributed by atoms with Crippen LogP contribution in [0.15, 0.2) is 48.7 Å². The lowest BCUT2D eigenvalue weighted by molar-refractivity contribution is 1.20. The number of nitrogens with one attached hydrogen (secondary N) is 2. The van der Waals surface area contributed by atoms with E-state index in [-0.39, 0.29) is 0 Å². The Morgan fingerprint density at radius 2 is 2.06 bits per heavy atom. The number of nitrogens with zero attached hydrogens (tertiary/aromatic N) is 1. The van der Waals surface area contributed by atoms with Gasteiger partial charge in [-0.1, -0.05) is 6.07 Å². The first-order valence-corrected chi connectivity index (χ1v) is 5.59. The second-order valence-electron chi connectivity index (χ2n) is 4.07. The van der Waals surface area contributed by atoms with E-state index in [2.05, 4.69) is 33.5 Å². The number of aryl methyl sites for hydroxylation is 1. The zero-order valence-electron chi connectivity index (χ0n) is 9.57. The van der Waals surface area contributed by atoms with Crippen LogP contribution in [0.2, 0.25) is 0 Å². The van der Waals surface area contributed by atoms with Crippen molar-refractivity contribution in [3.05, 3.63) is 54.4 Å². The highest BCUT2D eigenvalue weighted by Crippen LogP contribution is 2.20. The zero-order chi connectivity index (χ0) is 11.7. The number of aromatic nitrogens is 2. The van der Waals surface area contributed by atoms with E-state index < -0.39 is 0 Å². The fourth-order valence-corrected chi connectivity index (χ4v) is 1.89. The van der Waals surface area contributed by atoms with Gasteiger partial charge in [0.1, 0.15) is 5.82 Å². The summed E-state index contributed by atoms with van der Waals surface area (Å²) < 4.78 is 0. The Kier molecular flexibility index (Phi) is 2.29. The van der Waals surface area contributed by atoms with Gasteiger partial charge in [0.15, 0.2) is 0 Å². The summed E-state index contributed by atoms with van der Waals surface area (Å²) in [6.07, 6.45) is 1.94. The Hall–Kier alpha value is -2.29. The highest BCUT2D eigenvalue weighted by molar-refractivity contribution is 5.83. The molecular weight excluding hydrogens is 210 g/mol. The van der Waals surface area contributed by atoms with Crippen molar-refractivity contribution in [2.75, 3.05) is 5.32 Å². The minimum Gasteiger partial charge on any atom is -0.361 e. The zero-order valence-corrected chi connectivity index (χ0v) is 9.57. The first-order valence-electron chi connectivity index (χ1n) is 5.59. The van der Waals surface area contributed by atoms with E-state index in [4.69, 9.17) is 0 Å². The number of anilines is 2. The van der Waals surface area contributed by atoms with Crippen molar-refractivity contribution < 1.29 is 0 Å². The van der Waals surface area contributed by atoms with Gasteiger partial charge in [0, 0.05) is 28.5 Å². The van der Waals surface area contributed by atoms with Gasteiger partial charge in [0.05, 0.1) is 0 Å². The molecule has 0 saturated carbocycles. The molecule has 84 valence electrons. The van der Waals surface area contributed by atoms with Crippen molar-refractivity contribution in [3.8, 4) is 0 Å². The lowest BCUT2D eigenvalue weighted by Crippen LogP contribution is -1.93. The number of rotatable bonds is 2. The smallest absolute Gasteiger partial charge is 0.130 e. The molecule has 3 nitrogen and oxygen atoms in total. The second kappa shape index (κ2) is 3.94. The SMILES string of the molecule is Cc1cccc(Nc2ccc3[nH]ccc3c2)n1. The van der Waals surface area contributed by atoms with Gasteiger partial charge < -0.3 is 10.3 Å². The first kappa shape index (κ1) is 9.90. The maximum atomic E-state index is 4.42. The van der Waals surface area contributed by atoms with Crippen LogP contribution >= 0.6 is 0 Å². The highest BCUT2D eigenvalue weighted by Gasteiger charge is 1.98. The van der Waals surface area contributed by atoms with Crippen LogP contribution in [-0.2, 0) is 0 Å². The topological polar surface area (TPSA) is 40.7 Å². The third kappa shape index (κ3) is 1.99. The number of hydrogen-bond donors (Lipinski definition) is 2. The van der Waals surface area contributed by atoms with Crippen LogP contribution in [0.5, 0.6) is 0 Å². The molecule has 0 bridgehead atoms. The average Bonchev–Trinajstić information content (AvgIpc) is 2.76. The molecular formula is C14H13N3. The Labute approximate surface area is 99.5 Å². The summed E-state index contributed by atoms with van der Waals surface area (Å²) in [5.74, 6) is 0.875. The molecule has 0 saturated heterocycles.